The van der Waals surface area contributed by atoms with Crippen molar-refractivity contribution >= 4 is 11.7 Å². The van der Waals surface area contributed by atoms with Gasteiger partial charge in [-0.3, -0.25) is 4.79 Å². The van der Waals surface area contributed by atoms with Crippen molar-refractivity contribution in [3.63, 3.8) is 0 Å². The molecule has 0 saturated carbocycles. The molecule has 1 N–H and O–H groups in total. The van der Waals surface area contributed by atoms with E-state index in [-0.39, 0.29) is 5.91 Å². The second kappa shape index (κ2) is 5.85. The van der Waals surface area contributed by atoms with Gasteiger partial charge in [0, 0.05) is 25.8 Å². The van der Waals surface area contributed by atoms with Crippen LogP contribution in [0.25, 0.3) is 0 Å². The van der Waals surface area contributed by atoms with Crippen molar-refractivity contribution < 1.29 is 4.79 Å². The van der Waals surface area contributed by atoms with E-state index in [0.717, 1.165) is 19.4 Å². The zero-order chi connectivity index (χ0) is 13.0. The van der Waals surface area contributed by atoms with E-state index in [2.05, 4.69) is 17.2 Å². The molecule has 2 heterocycles. The Hall–Kier alpha value is -1.58. The predicted molar refractivity (Wildman–Crippen MR) is 72.8 cm³/mol. The summed E-state index contributed by atoms with van der Waals surface area (Å²) in [4.78, 5) is 18.8. The molecule has 1 aliphatic heterocycles. The van der Waals surface area contributed by atoms with Gasteiger partial charge in [-0.2, -0.15) is 0 Å². The highest BCUT2D eigenvalue weighted by molar-refractivity contribution is 5.98. The Morgan fingerprint density at radius 3 is 3.06 bits per heavy atom. The Bertz CT molecular complexity index is 419. The van der Waals surface area contributed by atoms with Gasteiger partial charge in [0.05, 0.1) is 5.56 Å². The third-order valence-corrected chi connectivity index (χ3v) is 3.59. The van der Waals surface area contributed by atoms with Crippen LogP contribution in [-0.2, 0) is 0 Å². The largest absolute Gasteiger partial charge is 0.372 e. The predicted octanol–water partition coefficient (Wildman–Crippen LogP) is 2.53. The SMILES string of the molecule is CNc1ncccc1C(=O)N1CCCCCC1C. The molecule has 1 aromatic rings. The number of aromatic nitrogens is 1. The average molecular weight is 247 g/mol. The average Bonchev–Trinajstić information content (AvgIpc) is 2.62. The lowest BCUT2D eigenvalue weighted by molar-refractivity contribution is 0.0698. The molecule has 4 nitrogen and oxygen atoms in total. The maximum atomic E-state index is 12.6. The van der Waals surface area contributed by atoms with Crippen molar-refractivity contribution in [1.29, 1.82) is 0 Å². The summed E-state index contributed by atoms with van der Waals surface area (Å²) in [7, 11) is 1.80. The van der Waals surface area contributed by atoms with Crippen LogP contribution in [0, 0.1) is 0 Å². The van der Waals surface area contributed by atoms with Crippen LogP contribution >= 0.6 is 0 Å². The summed E-state index contributed by atoms with van der Waals surface area (Å²) in [6, 6.07) is 3.99. The second-order valence-corrected chi connectivity index (χ2v) is 4.85. The van der Waals surface area contributed by atoms with Crippen LogP contribution < -0.4 is 5.32 Å². The van der Waals surface area contributed by atoms with Crippen molar-refractivity contribution in [1.82, 2.24) is 9.88 Å². The van der Waals surface area contributed by atoms with Gasteiger partial charge in [-0.05, 0) is 31.9 Å². The summed E-state index contributed by atoms with van der Waals surface area (Å²) in [6.07, 6.45) is 6.34. The van der Waals surface area contributed by atoms with Gasteiger partial charge in [0.1, 0.15) is 5.82 Å². The number of nitrogens with one attached hydrogen (secondary N) is 1. The fourth-order valence-electron chi connectivity index (χ4n) is 2.51. The molecular formula is C14H21N3O. The van der Waals surface area contributed by atoms with Crippen molar-refractivity contribution in [2.45, 2.75) is 38.6 Å². The lowest BCUT2D eigenvalue weighted by Gasteiger charge is -2.27. The number of likely N-dealkylation sites (tertiary alicyclic amines) is 1. The highest BCUT2D eigenvalue weighted by Gasteiger charge is 2.24. The Labute approximate surface area is 108 Å². The first-order valence-corrected chi connectivity index (χ1v) is 6.67. The minimum Gasteiger partial charge on any atom is -0.372 e. The Balaban J connectivity index is 2.23. The summed E-state index contributed by atoms with van der Waals surface area (Å²) in [5, 5.41) is 2.99. The van der Waals surface area contributed by atoms with Gasteiger partial charge in [-0.15, -0.1) is 0 Å². The molecule has 1 unspecified atom stereocenters. The van der Waals surface area contributed by atoms with Crippen LogP contribution in [0.5, 0.6) is 0 Å². The van der Waals surface area contributed by atoms with Crippen LogP contribution in [0.3, 0.4) is 0 Å². The van der Waals surface area contributed by atoms with Crippen LogP contribution in [0.15, 0.2) is 18.3 Å². The molecule has 4 heteroatoms. The molecule has 1 saturated heterocycles. The molecule has 98 valence electrons. The molecule has 1 amide bonds. The summed E-state index contributed by atoms with van der Waals surface area (Å²) in [5.41, 5.74) is 0.675. The van der Waals surface area contributed by atoms with E-state index in [4.69, 9.17) is 0 Å². The number of hydrogen-bond acceptors (Lipinski definition) is 3. The summed E-state index contributed by atoms with van der Waals surface area (Å²) in [5.74, 6) is 0.765. The number of nitrogens with zero attached hydrogens (tertiary/aromatic N) is 2. The Kier molecular flexibility index (Phi) is 4.18. The van der Waals surface area contributed by atoms with Gasteiger partial charge < -0.3 is 10.2 Å². The highest BCUT2D eigenvalue weighted by Crippen LogP contribution is 2.21. The van der Waals surface area contributed by atoms with E-state index >= 15 is 0 Å². The molecule has 0 aromatic carbocycles. The van der Waals surface area contributed by atoms with Crippen LogP contribution in [0.1, 0.15) is 43.0 Å². The summed E-state index contributed by atoms with van der Waals surface area (Å²) in [6.45, 7) is 3.00. The minimum atomic E-state index is 0.0989. The minimum absolute atomic E-state index is 0.0989. The van der Waals surface area contributed by atoms with E-state index in [0.29, 0.717) is 17.4 Å². The molecule has 1 aromatic heterocycles. The number of rotatable bonds is 2. The van der Waals surface area contributed by atoms with E-state index in [1.165, 1.54) is 12.8 Å². The van der Waals surface area contributed by atoms with Gasteiger partial charge in [0.2, 0.25) is 0 Å². The zero-order valence-electron chi connectivity index (χ0n) is 11.1. The van der Waals surface area contributed by atoms with Crippen molar-refractivity contribution in [3.05, 3.63) is 23.9 Å². The molecule has 0 bridgehead atoms. The molecule has 1 fully saturated rings. The fraction of sp³-hybridized carbons (Fsp3) is 0.571. The lowest BCUT2D eigenvalue weighted by atomic mass is 10.1. The van der Waals surface area contributed by atoms with Gasteiger partial charge in [0.15, 0.2) is 0 Å². The second-order valence-electron chi connectivity index (χ2n) is 4.85. The topological polar surface area (TPSA) is 45.2 Å². The fourth-order valence-corrected chi connectivity index (χ4v) is 2.51. The number of anilines is 1. The van der Waals surface area contributed by atoms with Crippen LogP contribution in [-0.4, -0.2) is 35.4 Å². The smallest absolute Gasteiger partial charge is 0.257 e. The lowest BCUT2D eigenvalue weighted by Crippen LogP contribution is -2.38. The van der Waals surface area contributed by atoms with E-state index in [1.807, 2.05) is 17.0 Å². The monoisotopic (exact) mass is 247 g/mol. The van der Waals surface area contributed by atoms with Crippen molar-refractivity contribution in [2.24, 2.45) is 0 Å². The first kappa shape index (κ1) is 12.9. The molecule has 0 spiro atoms. The van der Waals surface area contributed by atoms with Crippen molar-refractivity contribution in [2.75, 3.05) is 18.9 Å². The number of carbonyl (C=O) groups excluding carboxylic acids is 1. The third-order valence-electron chi connectivity index (χ3n) is 3.59. The molecular weight excluding hydrogens is 226 g/mol. The molecule has 0 radical (unpaired) electrons. The van der Waals surface area contributed by atoms with Crippen LogP contribution in [0.2, 0.25) is 0 Å². The molecule has 18 heavy (non-hydrogen) atoms. The van der Waals surface area contributed by atoms with Gasteiger partial charge >= 0.3 is 0 Å². The maximum Gasteiger partial charge on any atom is 0.257 e. The van der Waals surface area contributed by atoms with Gasteiger partial charge in [0.25, 0.3) is 5.91 Å². The first-order valence-electron chi connectivity index (χ1n) is 6.67. The standard InChI is InChI=1S/C14H21N3O/c1-11-7-4-3-5-10-17(11)14(18)12-8-6-9-16-13(12)15-2/h6,8-9,11H,3-5,7,10H2,1-2H3,(H,15,16). The number of hydrogen-bond donors (Lipinski definition) is 1. The Morgan fingerprint density at radius 1 is 1.44 bits per heavy atom. The van der Waals surface area contributed by atoms with Gasteiger partial charge in [-0.25, -0.2) is 4.98 Å². The zero-order valence-corrected chi connectivity index (χ0v) is 11.1. The normalized spacial score (nSPS) is 20.3. The first-order chi connectivity index (χ1) is 8.74. The number of amides is 1. The quantitative estimate of drug-likeness (QED) is 0.873. The Morgan fingerprint density at radius 2 is 2.28 bits per heavy atom. The molecule has 1 aliphatic rings. The number of pyridine rings is 1. The summed E-state index contributed by atoms with van der Waals surface area (Å²) >= 11 is 0. The van der Waals surface area contributed by atoms with E-state index in [1.54, 1.807) is 13.2 Å². The van der Waals surface area contributed by atoms with E-state index < -0.39 is 0 Å². The van der Waals surface area contributed by atoms with E-state index in [9.17, 15) is 4.79 Å². The highest BCUT2D eigenvalue weighted by atomic mass is 16.2. The third kappa shape index (κ3) is 2.63. The molecule has 0 aliphatic carbocycles. The molecule has 2 rings (SSSR count). The molecule has 1 atom stereocenters. The number of carbonyl (C=O) groups is 1. The van der Waals surface area contributed by atoms with Crippen molar-refractivity contribution in [3.8, 4) is 0 Å². The maximum absolute atomic E-state index is 12.6. The summed E-state index contributed by atoms with van der Waals surface area (Å²) < 4.78 is 0. The van der Waals surface area contributed by atoms with Crippen LogP contribution in [0.4, 0.5) is 5.82 Å². The van der Waals surface area contributed by atoms with Gasteiger partial charge in [-0.1, -0.05) is 12.8 Å².